The second kappa shape index (κ2) is 10.2. The van der Waals surface area contributed by atoms with E-state index >= 15 is 0 Å². The zero-order chi connectivity index (χ0) is 19.8. The van der Waals surface area contributed by atoms with Crippen LogP contribution in [0, 0.1) is 0 Å². The first-order valence-electron chi connectivity index (χ1n) is 9.46. The van der Waals surface area contributed by atoms with Crippen LogP contribution in [0.25, 0.3) is 0 Å². The van der Waals surface area contributed by atoms with Crippen molar-refractivity contribution in [2.45, 2.75) is 40.2 Å². The molecule has 2 aromatic rings. The normalized spacial score (nSPS) is 10.9. The van der Waals surface area contributed by atoms with E-state index in [1.807, 2.05) is 36.4 Å². The molecule has 0 aliphatic carbocycles. The Kier molecular flexibility index (Phi) is 7.95. The third-order valence-electron chi connectivity index (χ3n) is 4.58. The summed E-state index contributed by atoms with van der Waals surface area (Å²) in [4.78, 5) is 14.7. The van der Waals surface area contributed by atoms with Crippen LogP contribution in [0.4, 0.5) is 5.69 Å². The first-order chi connectivity index (χ1) is 12.9. The quantitative estimate of drug-likeness (QED) is 0.676. The Morgan fingerprint density at radius 2 is 1.59 bits per heavy atom. The average Bonchev–Trinajstić information content (AvgIpc) is 2.67. The number of hydrogen-bond donors (Lipinski definition) is 2. The van der Waals surface area contributed by atoms with Gasteiger partial charge in [-0.05, 0) is 66.6 Å². The first kappa shape index (κ1) is 21.1. The van der Waals surface area contributed by atoms with Crippen LogP contribution in [0.15, 0.2) is 48.5 Å². The Hall–Kier alpha value is -2.24. The molecule has 1 amide bonds. The fourth-order valence-electron chi connectivity index (χ4n) is 2.76. The van der Waals surface area contributed by atoms with Crippen molar-refractivity contribution in [3.63, 3.8) is 0 Å². The van der Waals surface area contributed by atoms with Gasteiger partial charge in [0, 0.05) is 17.8 Å². The maximum absolute atomic E-state index is 12.3. The molecule has 0 aliphatic heterocycles. The van der Waals surface area contributed by atoms with Gasteiger partial charge in [-0.2, -0.15) is 0 Å². The number of carbonyl (C=O) groups is 1. The molecule has 0 heterocycles. The topological polar surface area (TPSA) is 44.4 Å². The largest absolute Gasteiger partial charge is 0.332 e. The Morgan fingerprint density at radius 1 is 1.00 bits per heavy atom. The van der Waals surface area contributed by atoms with Crippen LogP contribution in [-0.2, 0) is 6.54 Å². The Bertz CT molecular complexity index is 750. The fourth-order valence-corrected chi connectivity index (χ4v) is 2.97. The molecule has 0 aliphatic rings. The molecular weight excluding hydrogens is 354 g/mol. The van der Waals surface area contributed by atoms with Gasteiger partial charge in [-0.1, -0.05) is 52.0 Å². The molecule has 0 spiro atoms. The molecule has 0 fully saturated rings. The highest BCUT2D eigenvalue weighted by atomic mass is 32.1. The van der Waals surface area contributed by atoms with Gasteiger partial charge in [0.15, 0.2) is 5.11 Å². The van der Waals surface area contributed by atoms with Crippen molar-refractivity contribution >= 4 is 28.9 Å². The molecular formula is C22H29N3OS. The maximum Gasteiger partial charge on any atom is 0.257 e. The van der Waals surface area contributed by atoms with Gasteiger partial charge in [-0.25, -0.2) is 0 Å². The van der Waals surface area contributed by atoms with Crippen LogP contribution in [-0.4, -0.2) is 29.0 Å². The predicted octanol–water partition coefficient (Wildman–Crippen LogP) is 4.78. The maximum atomic E-state index is 12.3. The third-order valence-corrected chi connectivity index (χ3v) is 4.78. The minimum Gasteiger partial charge on any atom is -0.332 e. The van der Waals surface area contributed by atoms with E-state index in [2.05, 4.69) is 55.4 Å². The lowest BCUT2D eigenvalue weighted by molar-refractivity contribution is 0.0977. The highest BCUT2D eigenvalue weighted by molar-refractivity contribution is 7.80. The first-order valence-corrected chi connectivity index (χ1v) is 9.87. The molecule has 0 atom stereocenters. The number of carbonyl (C=O) groups excluding carboxylic acids is 1. The van der Waals surface area contributed by atoms with E-state index in [0.717, 1.165) is 25.3 Å². The van der Waals surface area contributed by atoms with Crippen molar-refractivity contribution in [2.24, 2.45) is 0 Å². The van der Waals surface area contributed by atoms with Gasteiger partial charge in [0.25, 0.3) is 5.91 Å². The van der Waals surface area contributed by atoms with E-state index in [1.165, 1.54) is 11.1 Å². The lowest BCUT2D eigenvalue weighted by Gasteiger charge is -2.18. The van der Waals surface area contributed by atoms with Crippen molar-refractivity contribution < 1.29 is 4.79 Å². The number of nitrogens with zero attached hydrogens (tertiary/aromatic N) is 1. The molecule has 2 aromatic carbocycles. The summed E-state index contributed by atoms with van der Waals surface area (Å²) >= 11 is 5.27. The van der Waals surface area contributed by atoms with Gasteiger partial charge in [0.2, 0.25) is 0 Å². The summed E-state index contributed by atoms with van der Waals surface area (Å²) in [6, 6.07) is 15.7. The predicted molar refractivity (Wildman–Crippen MR) is 117 cm³/mol. The second-order valence-corrected chi connectivity index (χ2v) is 7.25. The Morgan fingerprint density at radius 3 is 2.11 bits per heavy atom. The molecule has 144 valence electrons. The summed E-state index contributed by atoms with van der Waals surface area (Å²) in [6.07, 6.45) is 0. The third kappa shape index (κ3) is 6.45. The van der Waals surface area contributed by atoms with Crippen molar-refractivity contribution in [3.05, 3.63) is 65.2 Å². The summed E-state index contributed by atoms with van der Waals surface area (Å²) in [6.45, 7) is 11.6. The van der Waals surface area contributed by atoms with Crippen molar-refractivity contribution in [2.75, 3.05) is 18.4 Å². The van der Waals surface area contributed by atoms with E-state index in [9.17, 15) is 4.79 Å². The molecule has 0 saturated carbocycles. The number of nitrogens with one attached hydrogen (secondary N) is 2. The van der Waals surface area contributed by atoms with Gasteiger partial charge in [0.1, 0.15) is 0 Å². The van der Waals surface area contributed by atoms with Crippen LogP contribution >= 0.6 is 12.2 Å². The van der Waals surface area contributed by atoms with E-state index in [0.29, 0.717) is 16.6 Å². The molecule has 0 aromatic heterocycles. The molecule has 0 saturated heterocycles. The fraction of sp³-hybridized carbons (Fsp3) is 0.364. The Balaban J connectivity index is 1.90. The van der Waals surface area contributed by atoms with Crippen molar-refractivity contribution in [3.8, 4) is 0 Å². The zero-order valence-corrected chi connectivity index (χ0v) is 17.4. The summed E-state index contributed by atoms with van der Waals surface area (Å²) in [5.41, 5.74) is 3.92. The van der Waals surface area contributed by atoms with Crippen LogP contribution in [0.3, 0.4) is 0 Å². The van der Waals surface area contributed by atoms with Crippen molar-refractivity contribution in [1.82, 2.24) is 10.2 Å². The lowest BCUT2D eigenvalue weighted by atomic mass is 10.0. The van der Waals surface area contributed by atoms with Gasteiger partial charge in [-0.3, -0.25) is 15.0 Å². The van der Waals surface area contributed by atoms with Crippen LogP contribution in [0.5, 0.6) is 0 Å². The van der Waals surface area contributed by atoms with Gasteiger partial charge < -0.3 is 5.32 Å². The zero-order valence-electron chi connectivity index (χ0n) is 16.6. The molecule has 0 radical (unpaired) electrons. The average molecular weight is 384 g/mol. The number of thiocarbonyl (C=S) groups is 1. The van der Waals surface area contributed by atoms with Crippen LogP contribution in [0.1, 0.15) is 55.1 Å². The summed E-state index contributed by atoms with van der Waals surface area (Å²) in [5, 5.41) is 6.09. The molecule has 5 heteroatoms. The van der Waals surface area contributed by atoms with E-state index in [4.69, 9.17) is 12.2 Å². The molecule has 2 rings (SSSR count). The monoisotopic (exact) mass is 383 g/mol. The standard InChI is InChI=1S/C22H29N3OS/c1-5-25(6-2)15-17-7-13-20(14-8-17)23-22(27)24-21(26)19-11-9-18(10-12-19)16(3)4/h7-14,16H,5-6,15H2,1-4H3,(H2,23,24,26,27). The van der Waals surface area contributed by atoms with Gasteiger partial charge in [-0.15, -0.1) is 0 Å². The highest BCUT2D eigenvalue weighted by Crippen LogP contribution is 2.15. The minimum atomic E-state index is -0.207. The SMILES string of the molecule is CCN(CC)Cc1ccc(NC(=S)NC(=O)c2ccc(C(C)C)cc2)cc1. The number of anilines is 1. The summed E-state index contributed by atoms with van der Waals surface area (Å²) in [5.74, 6) is 0.232. The second-order valence-electron chi connectivity index (χ2n) is 6.84. The van der Waals surface area contributed by atoms with E-state index in [-0.39, 0.29) is 5.91 Å². The van der Waals surface area contributed by atoms with Crippen LogP contribution in [0.2, 0.25) is 0 Å². The Labute approximate surface area is 168 Å². The summed E-state index contributed by atoms with van der Waals surface area (Å²) < 4.78 is 0. The summed E-state index contributed by atoms with van der Waals surface area (Å²) in [7, 11) is 0. The van der Waals surface area contributed by atoms with E-state index in [1.54, 1.807) is 0 Å². The molecule has 27 heavy (non-hydrogen) atoms. The number of rotatable bonds is 7. The van der Waals surface area contributed by atoms with E-state index < -0.39 is 0 Å². The number of hydrogen-bond acceptors (Lipinski definition) is 3. The highest BCUT2D eigenvalue weighted by Gasteiger charge is 2.09. The minimum absolute atomic E-state index is 0.207. The smallest absolute Gasteiger partial charge is 0.257 e. The molecule has 0 bridgehead atoms. The molecule has 4 nitrogen and oxygen atoms in total. The lowest BCUT2D eigenvalue weighted by Crippen LogP contribution is -2.34. The van der Waals surface area contributed by atoms with Crippen LogP contribution < -0.4 is 10.6 Å². The van der Waals surface area contributed by atoms with Crippen molar-refractivity contribution in [1.29, 1.82) is 0 Å². The van der Waals surface area contributed by atoms with Gasteiger partial charge in [0.05, 0.1) is 0 Å². The number of amides is 1. The van der Waals surface area contributed by atoms with Gasteiger partial charge >= 0.3 is 0 Å². The molecule has 2 N–H and O–H groups in total. The number of benzene rings is 2. The molecule has 0 unspecified atom stereocenters.